The first kappa shape index (κ1) is 15.5. The molecule has 0 spiro atoms. The molecule has 1 aromatic carbocycles. The summed E-state index contributed by atoms with van der Waals surface area (Å²) in [7, 11) is 2.08. The lowest BCUT2D eigenvalue weighted by Crippen LogP contribution is -2.35. The van der Waals surface area contributed by atoms with Gasteiger partial charge in [-0.15, -0.1) is 0 Å². The van der Waals surface area contributed by atoms with Gasteiger partial charge >= 0.3 is 0 Å². The summed E-state index contributed by atoms with van der Waals surface area (Å²) in [6.07, 6.45) is 3.95. The van der Waals surface area contributed by atoms with Gasteiger partial charge < -0.3 is 10.2 Å². The summed E-state index contributed by atoms with van der Waals surface area (Å²) in [6, 6.07) is 10.0. The Morgan fingerprint density at radius 3 is 2.70 bits per heavy atom. The average Bonchev–Trinajstić information content (AvgIpc) is 2.90. The molecule has 1 saturated heterocycles. The van der Waals surface area contributed by atoms with E-state index in [0.29, 0.717) is 6.04 Å². The molecule has 112 valence electrons. The second-order valence-corrected chi connectivity index (χ2v) is 6.48. The van der Waals surface area contributed by atoms with E-state index in [0.717, 1.165) is 12.0 Å². The van der Waals surface area contributed by atoms with Crippen molar-refractivity contribution < 1.29 is 0 Å². The van der Waals surface area contributed by atoms with Gasteiger partial charge in [0.2, 0.25) is 0 Å². The summed E-state index contributed by atoms with van der Waals surface area (Å²) in [6.45, 7) is 9.43. The smallest absolute Gasteiger partial charge is 0.0332 e. The van der Waals surface area contributed by atoms with Crippen LogP contribution in [0.1, 0.15) is 50.3 Å². The summed E-state index contributed by atoms with van der Waals surface area (Å²) in [4.78, 5) is 2.70. The third-order valence-electron chi connectivity index (χ3n) is 4.80. The molecule has 1 aromatic rings. The molecule has 0 saturated carbocycles. The van der Waals surface area contributed by atoms with Gasteiger partial charge in [0, 0.05) is 18.6 Å². The first-order valence-electron chi connectivity index (χ1n) is 8.10. The number of benzene rings is 1. The topological polar surface area (TPSA) is 15.3 Å². The number of hydrogen-bond acceptors (Lipinski definition) is 2. The van der Waals surface area contributed by atoms with Crippen molar-refractivity contribution in [3.8, 4) is 0 Å². The fourth-order valence-electron chi connectivity index (χ4n) is 3.61. The van der Waals surface area contributed by atoms with Crippen LogP contribution in [-0.2, 0) is 0 Å². The van der Waals surface area contributed by atoms with Gasteiger partial charge in [-0.25, -0.2) is 0 Å². The van der Waals surface area contributed by atoms with E-state index in [-0.39, 0.29) is 0 Å². The first-order valence-corrected chi connectivity index (χ1v) is 8.10. The highest BCUT2D eigenvalue weighted by Gasteiger charge is 2.27. The van der Waals surface area contributed by atoms with E-state index in [1.165, 1.54) is 43.5 Å². The maximum atomic E-state index is 3.50. The van der Waals surface area contributed by atoms with Crippen LogP contribution in [0.5, 0.6) is 0 Å². The van der Waals surface area contributed by atoms with Crippen molar-refractivity contribution in [2.75, 3.05) is 20.1 Å². The van der Waals surface area contributed by atoms with E-state index in [4.69, 9.17) is 0 Å². The second-order valence-electron chi connectivity index (χ2n) is 6.48. The molecular weight excluding hydrogens is 244 g/mol. The molecule has 2 unspecified atom stereocenters. The van der Waals surface area contributed by atoms with Crippen LogP contribution in [0, 0.1) is 12.8 Å². The standard InChI is InChI=1S/C18H30N2/c1-14(2)18-10-7-12-20(18)13-11-17(19-4)16-9-6-5-8-15(16)3/h5-6,8-9,14,17-19H,7,10-13H2,1-4H3. The Balaban J connectivity index is 1.96. The number of rotatable bonds is 6. The number of nitrogens with one attached hydrogen (secondary N) is 1. The molecule has 0 amide bonds. The Hall–Kier alpha value is -0.860. The molecule has 0 radical (unpaired) electrons. The number of hydrogen-bond donors (Lipinski definition) is 1. The largest absolute Gasteiger partial charge is 0.313 e. The van der Waals surface area contributed by atoms with E-state index in [1.807, 2.05) is 0 Å². The Labute approximate surface area is 124 Å². The third kappa shape index (κ3) is 3.62. The minimum absolute atomic E-state index is 0.476. The van der Waals surface area contributed by atoms with Gasteiger partial charge in [-0.2, -0.15) is 0 Å². The predicted molar refractivity (Wildman–Crippen MR) is 87.0 cm³/mol. The summed E-state index contributed by atoms with van der Waals surface area (Å²) in [5.41, 5.74) is 2.85. The maximum absolute atomic E-state index is 3.50. The Kier molecular flexibility index (Phi) is 5.62. The van der Waals surface area contributed by atoms with Crippen LogP contribution in [0.2, 0.25) is 0 Å². The quantitative estimate of drug-likeness (QED) is 0.849. The molecule has 2 rings (SSSR count). The van der Waals surface area contributed by atoms with Gasteiger partial charge in [0.15, 0.2) is 0 Å². The van der Waals surface area contributed by atoms with Crippen LogP contribution in [0.25, 0.3) is 0 Å². The van der Waals surface area contributed by atoms with Crippen molar-refractivity contribution in [2.24, 2.45) is 5.92 Å². The molecule has 2 heteroatoms. The zero-order valence-corrected chi connectivity index (χ0v) is 13.5. The Bertz CT molecular complexity index is 414. The van der Waals surface area contributed by atoms with Gasteiger partial charge in [0.05, 0.1) is 0 Å². The van der Waals surface area contributed by atoms with Crippen molar-refractivity contribution in [1.29, 1.82) is 0 Å². The van der Waals surface area contributed by atoms with E-state index >= 15 is 0 Å². The zero-order chi connectivity index (χ0) is 14.5. The highest BCUT2D eigenvalue weighted by molar-refractivity contribution is 5.28. The van der Waals surface area contributed by atoms with E-state index < -0.39 is 0 Å². The predicted octanol–water partition coefficient (Wildman–Crippen LogP) is 3.77. The second kappa shape index (κ2) is 7.24. The van der Waals surface area contributed by atoms with Gasteiger partial charge in [0.1, 0.15) is 0 Å². The molecule has 2 atom stereocenters. The molecule has 1 aliphatic rings. The normalized spacial score (nSPS) is 21.6. The van der Waals surface area contributed by atoms with Crippen LogP contribution in [-0.4, -0.2) is 31.1 Å². The molecule has 1 N–H and O–H groups in total. The Morgan fingerprint density at radius 1 is 1.30 bits per heavy atom. The molecule has 20 heavy (non-hydrogen) atoms. The van der Waals surface area contributed by atoms with Crippen LogP contribution < -0.4 is 5.32 Å². The fourth-order valence-corrected chi connectivity index (χ4v) is 3.61. The van der Waals surface area contributed by atoms with Crippen LogP contribution in [0.4, 0.5) is 0 Å². The SMILES string of the molecule is CNC(CCN1CCCC1C(C)C)c1ccccc1C. The first-order chi connectivity index (χ1) is 9.63. The molecule has 1 fully saturated rings. The lowest BCUT2D eigenvalue weighted by atomic mass is 9.97. The van der Waals surface area contributed by atoms with E-state index in [2.05, 4.69) is 62.3 Å². The third-order valence-corrected chi connectivity index (χ3v) is 4.80. The molecule has 2 nitrogen and oxygen atoms in total. The van der Waals surface area contributed by atoms with Crippen molar-refractivity contribution >= 4 is 0 Å². The van der Waals surface area contributed by atoms with Gasteiger partial charge in [0.25, 0.3) is 0 Å². The van der Waals surface area contributed by atoms with E-state index in [9.17, 15) is 0 Å². The summed E-state index contributed by atoms with van der Waals surface area (Å²) < 4.78 is 0. The lowest BCUT2D eigenvalue weighted by molar-refractivity contribution is 0.197. The molecule has 1 aliphatic heterocycles. The summed E-state index contributed by atoms with van der Waals surface area (Å²) >= 11 is 0. The van der Waals surface area contributed by atoms with Crippen molar-refractivity contribution in [2.45, 2.75) is 52.1 Å². The number of likely N-dealkylation sites (tertiary alicyclic amines) is 1. The molecule has 0 aliphatic carbocycles. The monoisotopic (exact) mass is 274 g/mol. The summed E-state index contributed by atoms with van der Waals surface area (Å²) in [5.74, 6) is 0.781. The van der Waals surface area contributed by atoms with Crippen LogP contribution in [0.15, 0.2) is 24.3 Å². The number of nitrogens with zero attached hydrogens (tertiary/aromatic N) is 1. The average molecular weight is 274 g/mol. The minimum atomic E-state index is 0.476. The van der Waals surface area contributed by atoms with Gasteiger partial charge in [-0.3, -0.25) is 0 Å². The molecule has 0 aromatic heterocycles. The van der Waals surface area contributed by atoms with E-state index in [1.54, 1.807) is 0 Å². The maximum Gasteiger partial charge on any atom is 0.0332 e. The zero-order valence-electron chi connectivity index (χ0n) is 13.5. The van der Waals surface area contributed by atoms with Crippen LogP contribution >= 0.6 is 0 Å². The number of aryl methyl sites for hydroxylation is 1. The summed E-state index contributed by atoms with van der Waals surface area (Å²) in [5, 5.41) is 3.50. The fraction of sp³-hybridized carbons (Fsp3) is 0.667. The lowest BCUT2D eigenvalue weighted by Gasteiger charge is -2.29. The minimum Gasteiger partial charge on any atom is -0.313 e. The van der Waals surface area contributed by atoms with Crippen molar-refractivity contribution in [1.82, 2.24) is 10.2 Å². The molecule has 0 bridgehead atoms. The van der Waals surface area contributed by atoms with Crippen LogP contribution in [0.3, 0.4) is 0 Å². The molecular formula is C18H30N2. The van der Waals surface area contributed by atoms with Gasteiger partial charge in [-0.1, -0.05) is 38.1 Å². The highest BCUT2D eigenvalue weighted by Crippen LogP contribution is 2.26. The Morgan fingerprint density at radius 2 is 2.05 bits per heavy atom. The molecule has 1 heterocycles. The highest BCUT2D eigenvalue weighted by atomic mass is 15.2. The van der Waals surface area contributed by atoms with Gasteiger partial charge in [-0.05, 0) is 56.8 Å². The van der Waals surface area contributed by atoms with Crippen molar-refractivity contribution in [3.63, 3.8) is 0 Å². The van der Waals surface area contributed by atoms with Crippen molar-refractivity contribution in [3.05, 3.63) is 35.4 Å².